The summed E-state index contributed by atoms with van der Waals surface area (Å²) in [5, 5.41) is 0. The van der Waals surface area contributed by atoms with Crippen LogP contribution in [0.5, 0.6) is 0 Å². The molecule has 0 radical (unpaired) electrons. The van der Waals surface area contributed by atoms with Gasteiger partial charge in [0, 0.05) is 11.8 Å². The highest BCUT2D eigenvalue weighted by Crippen LogP contribution is 2.21. The molecular weight excluding hydrogens is 331 g/mol. The maximum Gasteiger partial charge on any atom is 0.310 e. The smallest absolute Gasteiger partial charge is 0.310 e. The summed E-state index contributed by atoms with van der Waals surface area (Å²) in [7, 11) is 0. The number of halogens is 3. The van der Waals surface area contributed by atoms with Crippen LogP contribution in [0.4, 0.5) is 8.78 Å². The van der Waals surface area contributed by atoms with Crippen LogP contribution in [0.25, 0.3) is 0 Å². The second-order valence-electron chi connectivity index (χ2n) is 3.00. The molecule has 0 spiro atoms. The molecule has 0 fully saturated rings. The van der Waals surface area contributed by atoms with E-state index >= 15 is 0 Å². The number of nitrogens with zero attached hydrogens (tertiary/aromatic N) is 1. The molecule has 0 saturated carbocycles. The van der Waals surface area contributed by atoms with Crippen LogP contribution < -0.4 is 0 Å². The van der Waals surface area contributed by atoms with Crippen LogP contribution in [-0.4, -0.2) is 17.6 Å². The van der Waals surface area contributed by atoms with E-state index in [4.69, 9.17) is 4.74 Å². The Hall–Kier alpha value is -0.790. The van der Waals surface area contributed by atoms with Crippen molar-refractivity contribution in [1.29, 1.82) is 0 Å². The molecule has 0 aliphatic rings. The molecular formula is C10H10F2INO2. The average Bonchev–Trinajstić information content (AvgIpc) is 2.21. The van der Waals surface area contributed by atoms with Gasteiger partial charge in [-0.3, -0.25) is 4.79 Å². The molecule has 1 rings (SSSR count). The summed E-state index contributed by atoms with van der Waals surface area (Å²) in [6.45, 7) is 1.97. The second kappa shape index (κ2) is 6.07. The standard InChI is InChI=1S/C10H10F2INO2/c1-2-16-8(15)4-6-3-7(9(11)12)5-14-10(6)13/h3,5,9H,2,4H2,1H3. The van der Waals surface area contributed by atoms with Gasteiger partial charge in [0.15, 0.2) is 0 Å². The van der Waals surface area contributed by atoms with Crippen molar-refractivity contribution in [3.8, 4) is 0 Å². The predicted octanol–water partition coefficient (Wildman–Crippen LogP) is 2.73. The first-order valence-corrected chi connectivity index (χ1v) is 5.70. The molecule has 0 aromatic carbocycles. The topological polar surface area (TPSA) is 39.2 Å². The summed E-state index contributed by atoms with van der Waals surface area (Å²) in [5.74, 6) is -0.436. The number of ether oxygens (including phenoxy) is 1. The van der Waals surface area contributed by atoms with E-state index in [1.807, 2.05) is 22.6 Å². The Balaban J connectivity index is 2.86. The highest BCUT2D eigenvalue weighted by molar-refractivity contribution is 14.1. The van der Waals surface area contributed by atoms with E-state index in [2.05, 4.69) is 4.98 Å². The van der Waals surface area contributed by atoms with Gasteiger partial charge in [-0.15, -0.1) is 0 Å². The fraction of sp³-hybridized carbons (Fsp3) is 0.400. The summed E-state index contributed by atoms with van der Waals surface area (Å²) in [6, 6.07) is 1.29. The number of rotatable bonds is 4. The quantitative estimate of drug-likeness (QED) is 0.480. The first-order chi connectivity index (χ1) is 7.54. The van der Waals surface area contributed by atoms with E-state index in [1.165, 1.54) is 6.07 Å². The molecule has 0 atom stereocenters. The van der Waals surface area contributed by atoms with Gasteiger partial charge < -0.3 is 4.74 Å². The zero-order valence-corrected chi connectivity index (χ0v) is 10.7. The molecule has 88 valence electrons. The third kappa shape index (κ3) is 3.66. The van der Waals surface area contributed by atoms with Crippen molar-refractivity contribution in [2.75, 3.05) is 6.61 Å². The van der Waals surface area contributed by atoms with Gasteiger partial charge in [-0.1, -0.05) is 0 Å². The number of carbonyl (C=O) groups excluding carboxylic acids is 1. The highest BCUT2D eigenvalue weighted by Gasteiger charge is 2.13. The SMILES string of the molecule is CCOC(=O)Cc1cc(C(F)F)cnc1I. The van der Waals surface area contributed by atoms with Crippen LogP contribution >= 0.6 is 22.6 Å². The zero-order valence-electron chi connectivity index (χ0n) is 8.54. The first kappa shape index (κ1) is 13.3. The summed E-state index contributed by atoms with van der Waals surface area (Å²) in [5.41, 5.74) is 0.288. The van der Waals surface area contributed by atoms with Gasteiger partial charge in [0.05, 0.1) is 13.0 Å². The van der Waals surface area contributed by atoms with Crippen molar-refractivity contribution < 1.29 is 18.3 Å². The number of aromatic nitrogens is 1. The molecule has 0 N–H and O–H groups in total. The molecule has 0 aliphatic carbocycles. The molecule has 0 aliphatic heterocycles. The largest absolute Gasteiger partial charge is 0.466 e. The minimum absolute atomic E-state index is 0.0281. The van der Waals surface area contributed by atoms with Gasteiger partial charge in [-0.25, -0.2) is 13.8 Å². The lowest BCUT2D eigenvalue weighted by Gasteiger charge is -2.06. The van der Waals surface area contributed by atoms with Crippen LogP contribution in [0, 0.1) is 3.70 Å². The number of carbonyl (C=O) groups is 1. The molecule has 1 aromatic heterocycles. The number of hydrogen-bond acceptors (Lipinski definition) is 3. The Bertz CT molecular complexity index is 385. The molecule has 0 amide bonds. The molecule has 0 bridgehead atoms. The van der Waals surface area contributed by atoms with Crippen LogP contribution in [0.1, 0.15) is 24.5 Å². The van der Waals surface area contributed by atoms with Crippen molar-refractivity contribution >= 4 is 28.6 Å². The van der Waals surface area contributed by atoms with E-state index < -0.39 is 12.4 Å². The molecule has 0 unspecified atom stereocenters. The van der Waals surface area contributed by atoms with Gasteiger partial charge in [0.2, 0.25) is 0 Å². The third-order valence-corrected chi connectivity index (χ3v) is 2.80. The lowest BCUT2D eigenvalue weighted by Crippen LogP contribution is -2.09. The molecule has 16 heavy (non-hydrogen) atoms. The van der Waals surface area contributed by atoms with Gasteiger partial charge in [0.1, 0.15) is 3.70 Å². The highest BCUT2D eigenvalue weighted by atomic mass is 127. The summed E-state index contributed by atoms with van der Waals surface area (Å²) >= 11 is 1.90. The van der Waals surface area contributed by atoms with Crippen LogP contribution in [0.15, 0.2) is 12.3 Å². The van der Waals surface area contributed by atoms with Crippen molar-refractivity contribution in [3.63, 3.8) is 0 Å². The second-order valence-corrected chi connectivity index (χ2v) is 4.02. The normalized spacial score (nSPS) is 10.6. The number of pyridine rings is 1. The molecule has 6 heteroatoms. The van der Waals surface area contributed by atoms with Crippen molar-refractivity contribution in [2.24, 2.45) is 0 Å². The molecule has 1 heterocycles. The van der Waals surface area contributed by atoms with Gasteiger partial charge in [0.25, 0.3) is 6.43 Å². The number of esters is 1. The van der Waals surface area contributed by atoms with E-state index in [-0.39, 0.29) is 18.6 Å². The fourth-order valence-corrected chi connectivity index (χ4v) is 1.61. The van der Waals surface area contributed by atoms with Crippen LogP contribution in [-0.2, 0) is 16.0 Å². The number of hydrogen-bond donors (Lipinski definition) is 0. The van der Waals surface area contributed by atoms with E-state index in [1.54, 1.807) is 6.92 Å². The zero-order chi connectivity index (χ0) is 12.1. The van der Waals surface area contributed by atoms with E-state index in [0.29, 0.717) is 9.26 Å². The third-order valence-electron chi connectivity index (χ3n) is 1.82. The minimum Gasteiger partial charge on any atom is -0.466 e. The van der Waals surface area contributed by atoms with E-state index in [0.717, 1.165) is 6.20 Å². The summed E-state index contributed by atoms with van der Waals surface area (Å²) in [6.07, 6.45) is -1.49. The monoisotopic (exact) mass is 341 g/mol. The van der Waals surface area contributed by atoms with Crippen molar-refractivity contribution in [1.82, 2.24) is 4.98 Å². The Labute approximate surface area is 105 Å². The lowest BCUT2D eigenvalue weighted by molar-refractivity contribution is -0.142. The molecule has 1 aromatic rings. The van der Waals surface area contributed by atoms with Crippen LogP contribution in [0.3, 0.4) is 0 Å². The molecule has 0 saturated heterocycles. The Kier molecular flexibility index (Phi) is 5.04. The van der Waals surface area contributed by atoms with Crippen LogP contribution in [0.2, 0.25) is 0 Å². The van der Waals surface area contributed by atoms with Gasteiger partial charge >= 0.3 is 5.97 Å². The van der Waals surface area contributed by atoms with Crippen molar-refractivity contribution in [2.45, 2.75) is 19.8 Å². The van der Waals surface area contributed by atoms with Crippen molar-refractivity contribution in [3.05, 3.63) is 27.1 Å². The van der Waals surface area contributed by atoms with E-state index in [9.17, 15) is 13.6 Å². The Morgan fingerprint density at radius 2 is 2.31 bits per heavy atom. The Morgan fingerprint density at radius 3 is 2.88 bits per heavy atom. The summed E-state index contributed by atoms with van der Waals surface area (Å²) in [4.78, 5) is 15.0. The first-order valence-electron chi connectivity index (χ1n) is 4.62. The van der Waals surface area contributed by atoms with Gasteiger partial charge in [-0.2, -0.15) is 0 Å². The maximum atomic E-state index is 12.4. The predicted molar refractivity (Wildman–Crippen MR) is 62.2 cm³/mol. The average molecular weight is 341 g/mol. The number of alkyl halides is 2. The summed E-state index contributed by atoms with van der Waals surface area (Å²) < 4.78 is 30.1. The fourth-order valence-electron chi connectivity index (χ4n) is 1.12. The maximum absolute atomic E-state index is 12.4. The minimum atomic E-state index is -2.58. The molecule has 3 nitrogen and oxygen atoms in total. The Morgan fingerprint density at radius 1 is 1.62 bits per heavy atom. The lowest BCUT2D eigenvalue weighted by atomic mass is 10.1. The van der Waals surface area contributed by atoms with Gasteiger partial charge in [-0.05, 0) is 41.1 Å².